The van der Waals surface area contributed by atoms with Crippen LogP contribution in [0.2, 0.25) is 0 Å². The molecule has 0 aliphatic rings. The minimum Gasteiger partial charge on any atom is -0.206 e. The van der Waals surface area contributed by atoms with Crippen LogP contribution in [0.25, 0.3) is 0 Å². The number of benzene rings is 1. The van der Waals surface area contributed by atoms with E-state index in [0.29, 0.717) is 5.30 Å². The molecule has 0 saturated carbocycles. The van der Waals surface area contributed by atoms with Gasteiger partial charge in [-0.2, -0.15) is 0 Å². The summed E-state index contributed by atoms with van der Waals surface area (Å²) in [6.07, 6.45) is 0. The second kappa shape index (κ2) is 3.75. The van der Waals surface area contributed by atoms with E-state index in [9.17, 15) is 4.39 Å². The zero-order valence-corrected chi connectivity index (χ0v) is 9.76. The van der Waals surface area contributed by atoms with Crippen molar-refractivity contribution in [3.8, 4) is 0 Å². The van der Waals surface area contributed by atoms with Gasteiger partial charge in [-0.3, -0.25) is 0 Å². The first kappa shape index (κ1) is 10.7. The largest absolute Gasteiger partial charge is 0.206 e. The smallest absolute Gasteiger partial charge is 0.134 e. The molecule has 0 nitrogen and oxygen atoms in total. The number of aryl methyl sites for hydroxylation is 1. The summed E-state index contributed by atoms with van der Waals surface area (Å²) in [5.41, 5.74) is 3.10. The zero-order valence-electron chi connectivity index (χ0n) is 8.61. The number of hydrogen-bond donors (Lipinski definition) is 0. The quantitative estimate of drug-likeness (QED) is 0.608. The SMILES string of the molecule is Cc1cc(P)c(F)c(C(C)C)c1C. The maximum absolute atomic E-state index is 13.7. The van der Waals surface area contributed by atoms with Crippen molar-refractivity contribution in [1.82, 2.24) is 0 Å². The summed E-state index contributed by atoms with van der Waals surface area (Å²) in [5, 5.41) is 0.673. The summed E-state index contributed by atoms with van der Waals surface area (Å²) in [5.74, 6) is 0.183. The van der Waals surface area contributed by atoms with E-state index < -0.39 is 0 Å². The average molecular weight is 198 g/mol. The lowest BCUT2D eigenvalue weighted by atomic mass is 9.94. The lowest BCUT2D eigenvalue weighted by Crippen LogP contribution is -2.09. The van der Waals surface area contributed by atoms with Gasteiger partial charge in [0.05, 0.1) is 0 Å². The summed E-state index contributed by atoms with van der Waals surface area (Å²) >= 11 is 0. The van der Waals surface area contributed by atoms with Crippen molar-refractivity contribution in [1.29, 1.82) is 0 Å². The Bertz CT molecular complexity index is 303. The molecule has 0 amide bonds. The van der Waals surface area contributed by atoms with Gasteiger partial charge in [0.15, 0.2) is 0 Å². The van der Waals surface area contributed by atoms with Crippen LogP contribution in [0.4, 0.5) is 4.39 Å². The van der Waals surface area contributed by atoms with Crippen LogP contribution in [0.1, 0.15) is 36.5 Å². The maximum Gasteiger partial charge on any atom is 0.134 e. The molecule has 0 aliphatic heterocycles. The Balaban J connectivity index is 3.46. The zero-order chi connectivity index (χ0) is 10.2. The van der Waals surface area contributed by atoms with Gasteiger partial charge in [0, 0.05) is 5.30 Å². The second-order valence-electron chi connectivity index (χ2n) is 3.79. The Kier molecular flexibility index (Phi) is 3.08. The van der Waals surface area contributed by atoms with Crippen LogP contribution < -0.4 is 5.30 Å². The summed E-state index contributed by atoms with van der Waals surface area (Å²) in [6, 6.07) is 1.88. The standard InChI is InChI=1S/C11H16FP/c1-6(2)10-8(4)7(3)5-9(13)11(10)12/h5-6H,13H2,1-4H3. The molecule has 0 spiro atoms. The predicted octanol–water partition coefficient (Wildman–Crippen LogP) is 3.07. The highest BCUT2D eigenvalue weighted by Crippen LogP contribution is 2.24. The molecule has 0 N–H and O–H groups in total. The van der Waals surface area contributed by atoms with Gasteiger partial charge in [0.25, 0.3) is 0 Å². The molecule has 0 fully saturated rings. The monoisotopic (exact) mass is 198 g/mol. The highest BCUT2D eigenvalue weighted by molar-refractivity contribution is 7.27. The molecule has 0 aliphatic carbocycles. The molecule has 0 aromatic heterocycles. The molecule has 1 aromatic rings. The van der Waals surface area contributed by atoms with Crippen molar-refractivity contribution in [3.05, 3.63) is 28.6 Å². The number of rotatable bonds is 1. The lowest BCUT2D eigenvalue weighted by molar-refractivity contribution is 0.603. The fourth-order valence-corrected chi connectivity index (χ4v) is 2.03. The number of halogens is 1. The molecular weight excluding hydrogens is 182 g/mol. The third kappa shape index (κ3) is 1.91. The van der Waals surface area contributed by atoms with E-state index in [1.807, 2.05) is 33.8 Å². The molecule has 72 valence electrons. The maximum atomic E-state index is 13.7. The van der Waals surface area contributed by atoms with Gasteiger partial charge < -0.3 is 0 Å². The second-order valence-corrected chi connectivity index (χ2v) is 4.41. The summed E-state index contributed by atoms with van der Waals surface area (Å²) in [4.78, 5) is 0. The molecule has 1 atom stereocenters. The van der Waals surface area contributed by atoms with Crippen molar-refractivity contribution < 1.29 is 4.39 Å². The first-order valence-electron chi connectivity index (χ1n) is 4.50. The van der Waals surface area contributed by atoms with Gasteiger partial charge in [0.1, 0.15) is 5.82 Å². The van der Waals surface area contributed by atoms with Crippen molar-refractivity contribution in [3.63, 3.8) is 0 Å². The van der Waals surface area contributed by atoms with Gasteiger partial charge >= 0.3 is 0 Å². The molecular formula is C11H16FP. The fraction of sp³-hybridized carbons (Fsp3) is 0.455. The van der Waals surface area contributed by atoms with E-state index >= 15 is 0 Å². The topological polar surface area (TPSA) is 0 Å². The van der Waals surface area contributed by atoms with Crippen LogP contribution in [0.15, 0.2) is 6.07 Å². The Morgan fingerprint density at radius 2 is 1.85 bits per heavy atom. The Labute approximate surface area is 81.8 Å². The van der Waals surface area contributed by atoms with E-state index in [0.717, 1.165) is 16.7 Å². The van der Waals surface area contributed by atoms with Crippen LogP contribution in [0.3, 0.4) is 0 Å². The van der Waals surface area contributed by atoms with E-state index in [1.54, 1.807) is 0 Å². The van der Waals surface area contributed by atoms with Crippen molar-refractivity contribution in [2.75, 3.05) is 0 Å². The normalized spacial score (nSPS) is 11.0. The van der Waals surface area contributed by atoms with Crippen molar-refractivity contribution >= 4 is 14.5 Å². The molecule has 2 heteroatoms. The molecule has 1 aromatic carbocycles. The van der Waals surface area contributed by atoms with Crippen LogP contribution in [0, 0.1) is 19.7 Å². The van der Waals surface area contributed by atoms with E-state index in [-0.39, 0.29) is 11.7 Å². The number of hydrogen-bond acceptors (Lipinski definition) is 0. The Hall–Kier alpha value is -0.420. The van der Waals surface area contributed by atoms with Crippen LogP contribution in [-0.2, 0) is 0 Å². The Morgan fingerprint density at radius 1 is 1.31 bits per heavy atom. The first-order valence-corrected chi connectivity index (χ1v) is 5.08. The molecule has 0 saturated heterocycles. The van der Waals surface area contributed by atoms with Crippen LogP contribution in [0.5, 0.6) is 0 Å². The summed E-state index contributed by atoms with van der Waals surface area (Å²) in [6.45, 7) is 8.05. The van der Waals surface area contributed by atoms with Crippen molar-refractivity contribution in [2.24, 2.45) is 0 Å². The third-order valence-corrected chi connectivity index (χ3v) is 2.85. The first-order chi connectivity index (χ1) is 5.95. The fourth-order valence-electron chi connectivity index (χ4n) is 1.62. The third-order valence-electron chi connectivity index (χ3n) is 2.43. The van der Waals surface area contributed by atoms with Gasteiger partial charge in [0.2, 0.25) is 0 Å². The van der Waals surface area contributed by atoms with Crippen LogP contribution in [-0.4, -0.2) is 0 Å². The van der Waals surface area contributed by atoms with E-state index in [2.05, 4.69) is 9.24 Å². The molecule has 13 heavy (non-hydrogen) atoms. The average Bonchev–Trinajstić information content (AvgIpc) is 2.01. The predicted molar refractivity (Wildman–Crippen MR) is 59.3 cm³/mol. The summed E-state index contributed by atoms with van der Waals surface area (Å²) < 4.78 is 13.7. The van der Waals surface area contributed by atoms with Gasteiger partial charge in [-0.25, -0.2) is 4.39 Å². The van der Waals surface area contributed by atoms with Gasteiger partial charge in [-0.05, 0) is 42.5 Å². The van der Waals surface area contributed by atoms with E-state index in [1.165, 1.54) is 0 Å². The molecule has 0 bridgehead atoms. The van der Waals surface area contributed by atoms with Crippen LogP contribution >= 0.6 is 9.24 Å². The minimum atomic E-state index is -0.0666. The molecule has 1 unspecified atom stereocenters. The van der Waals surface area contributed by atoms with Gasteiger partial charge in [-0.1, -0.05) is 13.8 Å². The summed E-state index contributed by atoms with van der Waals surface area (Å²) in [7, 11) is 2.45. The Morgan fingerprint density at radius 3 is 2.31 bits per heavy atom. The molecule has 0 heterocycles. The van der Waals surface area contributed by atoms with Crippen molar-refractivity contribution in [2.45, 2.75) is 33.6 Å². The highest BCUT2D eigenvalue weighted by Gasteiger charge is 2.13. The lowest BCUT2D eigenvalue weighted by Gasteiger charge is -2.15. The molecule has 0 radical (unpaired) electrons. The highest BCUT2D eigenvalue weighted by atomic mass is 31.0. The minimum absolute atomic E-state index is 0.0666. The molecule has 1 rings (SSSR count). The van der Waals surface area contributed by atoms with Gasteiger partial charge in [-0.15, -0.1) is 9.24 Å². The van der Waals surface area contributed by atoms with E-state index in [4.69, 9.17) is 0 Å².